The first kappa shape index (κ1) is 24.5. The van der Waals surface area contributed by atoms with E-state index in [1.807, 2.05) is 50.5 Å². The number of benzene rings is 1. The normalized spacial score (nSPS) is 17.8. The van der Waals surface area contributed by atoms with Gasteiger partial charge in [-0.25, -0.2) is 4.98 Å². The van der Waals surface area contributed by atoms with Crippen molar-refractivity contribution in [2.75, 3.05) is 6.61 Å². The fourth-order valence-corrected chi connectivity index (χ4v) is 4.92. The molecule has 0 radical (unpaired) electrons. The number of hydrogen-bond donors (Lipinski definition) is 0. The lowest BCUT2D eigenvalue weighted by Gasteiger charge is -2.32. The smallest absolute Gasteiger partial charge is 0.399 e. The molecule has 0 spiro atoms. The van der Waals surface area contributed by atoms with Gasteiger partial charge < -0.3 is 18.6 Å². The highest BCUT2D eigenvalue weighted by Crippen LogP contribution is 2.39. The number of hydrogen-bond acceptors (Lipinski definition) is 4. The monoisotopic (exact) mass is 484 g/mol. The lowest BCUT2D eigenvalue weighted by atomic mass is 9.79. The molecule has 3 heterocycles. The second-order valence-electron chi connectivity index (χ2n) is 11.0. The Bertz CT molecular complexity index is 1130. The molecular formula is C25H34BClN2O3Si. The van der Waals surface area contributed by atoms with E-state index in [0.29, 0.717) is 11.8 Å². The van der Waals surface area contributed by atoms with E-state index in [1.165, 1.54) is 0 Å². The summed E-state index contributed by atoms with van der Waals surface area (Å²) in [7, 11) is -1.72. The standard InChI is InChI=1S/C25H34BClN2O3Si/c1-24(2)25(3,4)32-26(31-24)20-15-28-23-21(22(20)27)19(18-11-9-8-10-12-18)16-29(23)17-30-13-14-33(5,6)7/h8-12,15-16H,13-14,17H2,1-7H3. The lowest BCUT2D eigenvalue weighted by molar-refractivity contribution is 0.00578. The van der Waals surface area contributed by atoms with Gasteiger partial charge in [-0.2, -0.15) is 0 Å². The van der Waals surface area contributed by atoms with Crippen molar-refractivity contribution < 1.29 is 14.0 Å². The third kappa shape index (κ3) is 4.93. The Morgan fingerprint density at radius 2 is 1.70 bits per heavy atom. The Morgan fingerprint density at radius 3 is 2.30 bits per heavy atom. The number of fused-ring (bicyclic) bond motifs is 1. The molecule has 0 N–H and O–H groups in total. The summed E-state index contributed by atoms with van der Waals surface area (Å²) in [6, 6.07) is 11.4. The maximum Gasteiger partial charge on any atom is 0.497 e. The van der Waals surface area contributed by atoms with E-state index < -0.39 is 26.4 Å². The summed E-state index contributed by atoms with van der Waals surface area (Å²) in [5.74, 6) is 0. The van der Waals surface area contributed by atoms with E-state index in [1.54, 1.807) is 6.20 Å². The number of aromatic nitrogens is 2. The fraction of sp³-hybridized carbons (Fsp3) is 0.480. The van der Waals surface area contributed by atoms with Gasteiger partial charge in [0, 0.05) is 43.5 Å². The second kappa shape index (κ2) is 8.86. The molecule has 0 aliphatic carbocycles. The van der Waals surface area contributed by atoms with Crippen LogP contribution in [0.25, 0.3) is 22.2 Å². The van der Waals surface area contributed by atoms with Crippen LogP contribution in [0.15, 0.2) is 42.7 Å². The molecule has 3 aromatic rings. The first-order valence-electron chi connectivity index (χ1n) is 11.6. The van der Waals surface area contributed by atoms with Crippen LogP contribution in [-0.2, 0) is 20.8 Å². The molecule has 1 aliphatic heterocycles. The molecule has 4 rings (SSSR count). The minimum absolute atomic E-state index is 0.437. The largest absolute Gasteiger partial charge is 0.497 e. The van der Waals surface area contributed by atoms with E-state index in [4.69, 9.17) is 30.6 Å². The highest BCUT2D eigenvalue weighted by Gasteiger charge is 2.52. The summed E-state index contributed by atoms with van der Waals surface area (Å²) in [4.78, 5) is 4.80. The Balaban J connectivity index is 1.74. The van der Waals surface area contributed by atoms with Crippen LogP contribution in [-0.4, -0.2) is 42.6 Å². The summed E-state index contributed by atoms with van der Waals surface area (Å²) < 4.78 is 20.6. The third-order valence-electron chi connectivity index (χ3n) is 6.67. The predicted molar refractivity (Wildman–Crippen MR) is 140 cm³/mol. The zero-order valence-corrected chi connectivity index (χ0v) is 22.5. The van der Waals surface area contributed by atoms with Crippen molar-refractivity contribution in [3.05, 3.63) is 47.7 Å². The van der Waals surface area contributed by atoms with Crippen LogP contribution >= 0.6 is 11.6 Å². The van der Waals surface area contributed by atoms with Gasteiger partial charge in [0.1, 0.15) is 12.4 Å². The number of ether oxygens (including phenoxy) is 1. The van der Waals surface area contributed by atoms with Gasteiger partial charge in [-0.1, -0.05) is 61.6 Å². The Morgan fingerprint density at radius 1 is 1.06 bits per heavy atom. The van der Waals surface area contributed by atoms with Crippen molar-refractivity contribution in [3.8, 4) is 11.1 Å². The molecule has 1 aromatic carbocycles. The van der Waals surface area contributed by atoms with Crippen molar-refractivity contribution in [2.24, 2.45) is 0 Å². The van der Waals surface area contributed by atoms with Crippen LogP contribution in [0.2, 0.25) is 30.7 Å². The minimum Gasteiger partial charge on any atom is -0.399 e. The summed E-state index contributed by atoms with van der Waals surface area (Å²) >= 11 is 7.05. The molecule has 5 nitrogen and oxygen atoms in total. The lowest BCUT2D eigenvalue weighted by Crippen LogP contribution is -2.41. The van der Waals surface area contributed by atoms with Gasteiger partial charge in [0.25, 0.3) is 0 Å². The molecule has 1 saturated heterocycles. The summed E-state index contributed by atoms with van der Waals surface area (Å²) in [6.07, 6.45) is 3.86. The fourth-order valence-electron chi connectivity index (χ4n) is 3.84. The molecule has 1 fully saturated rings. The molecule has 8 heteroatoms. The van der Waals surface area contributed by atoms with Crippen molar-refractivity contribution >= 4 is 43.3 Å². The predicted octanol–water partition coefficient (Wildman–Crippen LogP) is 5.97. The highest BCUT2D eigenvalue weighted by atomic mass is 35.5. The van der Waals surface area contributed by atoms with Gasteiger partial charge in [-0.05, 0) is 39.3 Å². The number of rotatable bonds is 7. The zero-order valence-electron chi connectivity index (χ0n) is 20.7. The zero-order chi connectivity index (χ0) is 24.0. The Kier molecular flexibility index (Phi) is 6.57. The van der Waals surface area contributed by atoms with Crippen LogP contribution in [0, 0.1) is 0 Å². The summed E-state index contributed by atoms with van der Waals surface area (Å²) in [5.41, 5.74) is 2.75. The average molecular weight is 485 g/mol. The van der Waals surface area contributed by atoms with Gasteiger partial charge in [0.05, 0.1) is 16.2 Å². The highest BCUT2D eigenvalue weighted by molar-refractivity contribution is 6.76. The Labute approximate surface area is 203 Å². The van der Waals surface area contributed by atoms with E-state index in [0.717, 1.165) is 40.3 Å². The van der Waals surface area contributed by atoms with Crippen LogP contribution in [0.3, 0.4) is 0 Å². The molecule has 0 amide bonds. The maximum absolute atomic E-state index is 7.05. The van der Waals surface area contributed by atoms with Crippen molar-refractivity contribution in [1.82, 2.24) is 9.55 Å². The first-order chi connectivity index (χ1) is 15.4. The molecule has 2 aromatic heterocycles. The number of pyridine rings is 1. The third-order valence-corrected chi connectivity index (χ3v) is 8.78. The van der Waals surface area contributed by atoms with Crippen molar-refractivity contribution in [2.45, 2.75) is 71.3 Å². The Hall–Kier alpha value is -1.64. The average Bonchev–Trinajstić information content (AvgIpc) is 3.20. The second-order valence-corrected chi connectivity index (χ2v) is 17.0. The van der Waals surface area contributed by atoms with Crippen LogP contribution in [0.5, 0.6) is 0 Å². The minimum atomic E-state index is -1.15. The van der Waals surface area contributed by atoms with Crippen LogP contribution < -0.4 is 5.46 Å². The van der Waals surface area contributed by atoms with Crippen LogP contribution in [0.1, 0.15) is 27.7 Å². The van der Waals surface area contributed by atoms with Gasteiger partial charge in [0.15, 0.2) is 0 Å². The molecule has 0 bridgehead atoms. The molecule has 0 saturated carbocycles. The molecule has 33 heavy (non-hydrogen) atoms. The first-order valence-corrected chi connectivity index (χ1v) is 15.6. The van der Waals surface area contributed by atoms with Crippen molar-refractivity contribution in [3.63, 3.8) is 0 Å². The van der Waals surface area contributed by atoms with Gasteiger partial charge >= 0.3 is 7.12 Å². The van der Waals surface area contributed by atoms with E-state index in [2.05, 4.69) is 38.0 Å². The van der Waals surface area contributed by atoms with E-state index in [9.17, 15) is 0 Å². The van der Waals surface area contributed by atoms with Gasteiger partial charge in [-0.3, -0.25) is 0 Å². The van der Waals surface area contributed by atoms with Crippen LogP contribution in [0.4, 0.5) is 0 Å². The number of nitrogens with zero attached hydrogens (tertiary/aromatic N) is 2. The summed E-state index contributed by atoms with van der Waals surface area (Å²) in [6.45, 7) is 16.4. The molecule has 0 unspecified atom stereocenters. The molecule has 1 aliphatic rings. The molecular weight excluding hydrogens is 451 g/mol. The van der Waals surface area contributed by atoms with Gasteiger partial charge in [0.2, 0.25) is 0 Å². The van der Waals surface area contributed by atoms with E-state index >= 15 is 0 Å². The SMILES string of the molecule is CC1(C)OB(c2cnc3c(c(-c4ccccc4)cn3COCC[Si](C)(C)C)c2Cl)OC1(C)C. The van der Waals surface area contributed by atoms with Gasteiger partial charge in [-0.15, -0.1) is 0 Å². The topological polar surface area (TPSA) is 45.5 Å². The quantitative estimate of drug-likeness (QED) is 0.306. The molecule has 176 valence electrons. The molecule has 0 atom stereocenters. The van der Waals surface area contributed by atoms with E-state index in [-0.39, 0.29) is 0 Å². The summed E-state index contributed by atoms with van der Waals surface area (Å²) in [5, 5.41) is 1.50. The van der Waals surface area contributed by atoms with Crippen molar-refractivity contribution in [1.29, 1.82) is 0 Å². The number of halogens is 1. The maximum atomic E-state index is 7.05.